The van der Waals surface area contributed by atoms with Crippen LogP contribution < -0.4 is 11.1 Å². The molecule has 0 unspecified atom stereocenters. The first-order chi connectivity index (χ1) is 9.13. The van der Waals surface area contributed by atoms with Gasteiger partial charge in [-0.1, -0.05) is 5.16 Å². The molecule has 0 fully saturated rings. The highest BCUT2D eigenvalue weighted by atomic mass is 16.4. The number of amides is 1. The van der Waals surface area contributed by atoms with Crippen LogP contribution in [0, 0.1) is 0 Å². The Morgan fingerprint density at radius 3 is 2.89 bits per heavy atom. The van der Waals surface area contributed by atoms with Crippen molar-refractivity contribution < 1.29 is 10.0 Å². The lowest BCUT2D eigenvalue weighted by molar-refractivity contribution is 0.102. The van der Waals surface area contributed by atoms with Crippen LogP contribution in [0.4, 0.5) is 5.82 Å². The number of rotatable bonds is 3. The van der Waals surface area contributed by atoms with Crippen LogP contribution in [0.25, 0.3) is 0 Å². The van der Waals surface area contributed by atoms with Crippen molar-refractivity contribution in [3.8, 4) is 0 Å². The van der Waals surface area contributed by atoms with Gasteiger partial charge in [-0.3, -0.25) is 14.5 Å². The maximum Gasteiger partial charge on any atom is 0.277 e. The number of nitrogens with zero attached hydrogens (tertiary/aromatic N) is 5. The molecule has 2 aromatic heterocycles. The molecule has 2 aromatic rings. The number of aromatic nitrogens is 4. The van der Waals surface area contributed by atoms with Crippen LogP contribution in [-0.4, -0.2) is 36.7 Å². The van der Waals surface area contributed by atoms with Crippen LogP contribution in [0.15, 0.2) is 29.9 Å². The fourth-order valence-corrected chi connectivity index (χ4v) is 1.42. The molecule has 0 spiro atoms. The first kappa shape index (κ1) is 12.5. The Kier molecular flexibility index (Phi) is 3.37. The first-order valence-corrected chi connectivity index (χ1v) is 5.20. The molecule has 0 saturated carbocycles. The fraction of sp³-hybridized carbons (Fsp3) is 0.100. The summed E-state index contributed by atoms with van der Waals surface area (Å²) in [5.41, 5.74) is 5.95. The van der Waals surface area contributed by atoms with Gasteiger partial charge in [0.15, 0.2) is 5.84 Å². The molecule has 2 heterocycles. The summed E-state index contributed by atoms with van der Waals surface area (Å²) in [6.07, 6.45) is 5.57. The average Bonchev–Trinajstić information content (AvgIpc) is 2.80. The molecule has 0 atom stereocenters. The number of aryl methyl sites for hydroxylation is 1. The Labute approximate surface area is 107 Å². The van der Waals surface area contributed by atoms with Gasteiger partial charge in [0.1, 0.15) is 11.5 Å². The van der Waals surface area contributed by atoms with E-state index in [0.717, 1.165) is 0 Å². The lowest BCUT2D eigenvalue weighted by atomic mass is 10.3. The zero-order valence-electron chi connectivity index (χ0n) is 9.98. The van der Waals surface area contributed by atoms with Gasteiger partial charge in [-0.05, 0) is 0 Å². The van der Waals surface area contributed by atoms with Gasteiger partial charge >= 0.3 is 0 Å². The Morgan fingerprint density at radius 2 is 2.26 bits per heavy atom. The third kappa shape index (κ3) is 2.49. The van der Waals surface area contributed by atoms with Gasteiger partial charge in [-0.25, -0.2) is 4.98 Å². The highest BCUT2D eigenvalue weighted by Crippen LogP contribution is 2.14. The highest BCUT2D eigenvalue weighted by Gasteiger charge is 2.16. The van der Waals surface area contributed by atoms with Gasteiger partial charge in [0, 0.05) is 19.4 Å². The number of carbonyl (C=O) groups excluding carboxylic acids is 1. The highest BCUT2D eigenvalue weighted by molar-refractivity contribution is 6.08. The Bertz CT molecular complexity index is 620. The molecule has 98 valence electrons. The summed E-state index contributed by atoms with van der Waals surface area (Å²) in [6, 6.07) is 0. The average molecular weight is 261 g/mol. The summed E-state index contributed by atoms with van der Waals surface area (Å²) in [7, 11) is 1.61. The van der Waals surface area contributed by atoms with E-state index in [4.69, 9.17) is 10.9 Å². The minimum Gasteiger partial charge on any atom is -0.409 e. The predicted octanol–water partition coefficient (Wildman–Crippen LogP) is -0.443. The van der Waals surface area contributed by atoms with Crippen molar-refractivity contribution in [3.05, 3.63) is 36.0 Å². The summed E-state index contributed by atoms with van der Waals surface area (Å²) in [5.74, 6) is -0.322. The third-order valence-corrected chi connectivity index (χ3v) is 2.35. The second-order valence-electron chi connectivity index (χ2n) is 3.56. The lowest BCUT2D eigenvalue weighted by Gasteiger charge is -2.06. The maximum atomic E-state index is 11.9. The van der Waals surface area contributed by atoms with E-state index in [1.807, 2.05) is 0 Å². The second kappa shape index (κ2) is 5.12. The molecule has 0 bridgehead atoms. The van der Waals surface area contributed by atoms with Gasteiger partial charge in [0.05, 0.1) is 18.0 Å². The molecule has 0 aliphatic rings. The molecule has 19 heavy (non-hydrogen) atoms. The summed E-state index contributed by atoms with van der Waals surface area (Å²) in [6.45, 7) is 0. The van der Waals surface area contributed by atoms with E-state index in [1.54, 1.807) is 7.05 Å². The van der Waals surface area contributed by atoms with E-state index in [1.165, 1.54) is 29.5 Å². The summed E-state index contributed by atoms with van der Waals surface area (Å²) < 4.78 is 1.39. The van der Waals surface area contributed by atoms with Gasteiger partial charge in [0.25, 0.3) is 5.91 Å². The number of nitrogens with two attached hydrogens (primary N) is 1. The summed E-state index contributed by atoms with van der Waals surface area (Å²) >= 11 is 0. The van der Waals surface area contributed by atoms with Gasteiger partial charge < -0.3 is 16.3 Å². The fourth-order valence-electron chi connectivity index (χ4n) is 1.42. The van der Waals surface area contributed by atoms with Crippen molar-refractivity contribution in [3.63, 3.8) is 0 Å². The molecule has 0 aliphatic heterocycles. The smallest absolute Gasteiger partial charge is 0.277 e. The largest absolute Gasteiger partial charge is 0.409 e. The number of hydrogen-bond acceptors (Lipinski definition) is 6. The Hall–Kier alpha value is -2.97. The summed E-state index contributed by atoms with van der Waals surface area (Å²) in [4.78, 5) is 19.6. The number of carbonyl (C=O) groups is 1. The standard InChI is InChI=1S/C10H11N7O2/c1-17-9(6(4-14-17)8(11)16-19)15-10(18)7-5-12-2-3-13-7/h2-5,19H,1H3,(H2,11,16)(H,15,18). The lowest BCUT2D eigenvalue weighted by Crippen LogP contribution is -2.20. The zero-order valence-corrected chi connectivity index (χ0v) is 9.98. The molecular formula is C10H11N7O2. The number of anilines is 1. The van der Waals surface area contributed by atoms with Crippen molar-refractivity contribution >= 4 is 17.6 Å². The monoisotopic (exact) mass is 261 g/mol. The van der Waals surface area contributed by atoms with Gasteiger partial charge in [0.2, 0.25) is 0 Å². The topological polar surface area (TPSA) is 131 Å². The molecule has 0 aromatic carbocycles. The van der Waals surface area contributed by atoms with Crippen molar-refractivity contribution in [2.45, 2.75) is 0 Å². The van der Waals surface area contributed by atoms with Crippen LogP contribution in [0.1, 0.15) is 16.1 Å². The molecular weight excluding hydrogens is 250 g/mol. The van der Waals surface area contributed by atoms with Crippen LogP contribution in [-0.2, 0) is 7.05 Å². The molecule has 4 N–H and O–H groups in total. The molecule has 9 heteroatoms. The van der Waals surface area contributed by atoms with Crippen LogP contribution in [0.2, 0.25) is 0 Å². The van der Waals surface area contributed by atoms with E-state index in [2.05, 4.69) is 25.5 Å². The van der Waals surface area contributed by atoms with Crippen molar-refractivity contribution in [2.24, 2.45) is 17.9 Å². The van der Waals surface area contributed by atoms with Gasteiger partial charge in [-0.2, -0.15) is 5.10 Å². The third-order valence-electron chi connectivity index (χ3n) is 2.35. The second-order valence-corrected chi connectivity index (χ2v) is 3.56. The van der Waals surface area contributed by atoms with E-state index in [0.29, 0.717) is 11.4 Å². The molecule has 1 amide bonds. The van der Waals surface area contributed by atoms with E-state index < -0.39 is 5.91 Å². The van der Waals surface area contributed by atoms with Crippen molar-refractivity contribution in [1.82, 2.24) is 19.7 Å². The number of hydrogen-bond donors (Lipinski definition) is 3. The number of oxime groups is 1. The van der Waals surface area contributed by atoms with Crippen molar-refractivity contribution in [2.75, 3.05) is 5.32 Å². The molecule has 0 saturated heterocycles. The minimum atomic E-state index is -0.469. The quantitative estimate of drug-likeness (QED) is 0.297. The van der Waals surface area contributed by atoms with Crippen LogP contribution in [0.3, 0.4) is 0 Å². The zero-order chi connectivity index (χ0) is 13.8. The van der Waals surface area contributed by atoms with E-state index in [-0.39, 0.29) is 11.5 Å². The normalized spacial score (nSPS) is 11.3. The SMILES string of the molecule is Cn1ncc(C(N)=NO)c1NC(=O)c1cnccn1. The first-order valence-electron chi connectivity index (χ1n) is 5.20. The molecule has 0 aliphatic carbocycles. The van der Waals surface area contributed by atoms with Crippen molar-refractivity contribution in [1.29, 1.82) is 0 Å². The van der Waals surface area contributed by atoms with E-state index >= 15 is 0 Å². The minimum absolute atomic E-state index is 0.147. The maximum absolute atomic E-state index is 11.9. The number of nitrogens with one attached hydrogen (secondary N) is 1. The molecule has 9 nitrogen and oxygen atoms in total. The summed E-state index contributed by atoms with van der Waals surface area (Å²) in [5, 5.41) is 18.0. The molecule has 0 radical (unpaired) electrons. The van der Waals surface area contributed by atoms with E-state index in [9.17, 15) is 4.79 Å². The van der Waals surface area contributed by atoms with Gasteiger partial charge in [-0.15, -0.1) is 0 Å². The Balaban J connectivity index is 2.29. The van der Waals surface area contributed by atoms with Crippen LogP contribution >= 0.6 is 0 Å². The Morgan fingerprint density at radius 1 is 1.47 bits per heavy atom. The predicted molar refractivity (Wildman–Crippen MR) is 65.7 cm³/mol. The van der Waals surface area contributed by atoms with Crippen LogP contribution in [0.5, 0.6) is 0 Å². The molecule has 2 rings (SSSR count). The number of amidine groups is 1.